The van der Waals surface area contributed by atoms with Gasteiger partial charge in [0.2, 0.25) is 0 Å². The number of hydrogen-bond acceptors (Lipinski definition) is 9. The number of nitrogens with zero attached hydrogens (tertiary/aromatic N) is 6. The Morgan fingerprint density at radius 2 is 0.888 bits per heavy atom. The number of hydrogen-bond donors (Lipinski definition) is 4. The van der Waals surface area contributed by atoms with Crippen LogP contribution >= 0.6 is 23.2 Å². The predicted octanol–water partition coefficient (Wildman–Crippen LogP) is 21.7. The normalized spacial score (nSPS) is 16.3. The van der Waals surface area contributed by atoms with Crippen LogP contribution in [0.15, 0.2) is 188 Å². The van der Waals surface area contributed by atoms with Crippen molar-refractivity contribution < 1.29 is 14.6 Å². The fourth-order valence-corrected chi connectivity index (χ4v) is 13.7. The summed E-state index contributed by atoms with van der Waals surface area (Å²) in [4.78, 5) is 30.0. The van der Waals surface area contributed by atoms with Crippen LogP contribution in [0.2, 0.25) is 10.0 Å². The zero-order chi connectivity index (χ0) is 68.9. The number of piperazine rings is 1. The number of aromatic nitrogens is 6. The van der Waals surface area contributed by atoms with E-state index in [1.54, 1.807) is 35.2 Å². The van der Waals surface area contributed by atoms with E-state index in [0.717, 1.165) is 122 Å². The van der Waals surface area contributed by atoms with Crippen molar-refractivity contribution in [2.24, 2.45) is 10.8 Å². The fourth-order valence-electron chi connectivity index (χ4n) is 13.4. The second-order valence-corrected chi connectivity index (χ2v) is 29.6. The number of anilines is 1. The second kappa shape index (κ2) is 32.4. The van der Waals surface area contributed by atoms with E-state index in [2.05, 4.69) is 147 Å². The number of benzene rings is 5. The lowest BCUT2D eigenvalue weighted by Gasteiger charge is -2.39. The number of ether oxygens (including phenoxy) is 2. The summed E-state index contributed by atoms with van der Waals surface area (Å²) in [5.74, 6) is 3.67. The molecule has 6 aromatic heterocycles. The zero-order valence-corrected chi connectivity index (χ0v) is 60.5. The van der Waals surface area contributed by atoms with Crippen molar-refractivity contribution >= 4 is 73.1 Å². The average molecular weight is 1350 g/mol. The molecule has 98 heavy (non-hydrogen) atoms. The Hall–Kier alpha value is -8.65. The Bertz CT molecular complexity index is 4530. The number of nitrogens with one attached hydrogen (secondary N) is 3. The average Bonchev–Trinajstić information content (AvgIpc) is 1.22. The molecule has 11 aromatic rings. The Balaban J connectivity index is 0.000000138. The van der Waals surface area contributed by atoms with Crippen molar-refractivity contribution in [3.05, 3.63) is 242 Å². The summed E-state index contributed by atoms with van der Waals surface area (Å²) < 4.78 is 12.2. The Labute approximate surface area is 590 Å². The summed E-state index contributed by atoms with van der Waals surface area (Å²) >= 11 is 12.3. The highest BCUT2D eigenvalue weighted by molar-refractivity contribution is 6.30. The van der Waals surface area contributed by atoms with E-state index in [-0.39, 0.29) is 0 Å². The van der Waals surface area contributed by atoms with Crippen molar-refractivity contribution in [1.29, 1.82) is 0 Å². The molecule has 8 heterocycles. The van der Waals surface area contributed by atoms with Gasteiger partial charge in [0.15, 0.2) is 0 Å². The third-order valence-corrected chi connectivity index (χ3v) is 19.9. The molecule has 15 rings (SSSR count). The fraction of sp³-hybridized carbons (Fsp3) is 0.345. The maximum Gasteiger partial charge on any atom is 0.146 e. The molecule has 0 unspecified atom stereocenters. The zero-order valence-electron chi connectivity index (χ0n) is 59.0. The molecule has 4 aliphatic rings. The third-order valence-electron chi connectivity index (χ3n) is 19.4. The van der Waals surface area contributed by atoms with Crippen molar-refractivity contribution in [2.45, 2.75) is 127 Å². The number of allylic oxidation sites excluding steroid dienone is 2. The topological polar surface area (TPSA) is 134 Å². The van der Waals surface area contributed by atoms with Crippen LogP contribution in [0, 0.1) is 52.4 Å². The maximum absolute atomic E-state index is 9.10. The van der Waals surface area contributed by atoms with E-state index in [4.69, 9.17) is 37.8 Å². The Kier molecular flexibility index (Phi) is 23.3. The minimum absolute atomic E-state index is 0.339. The van der Waals surface area contributed by atoms with E-state index < -0.39 is 0 Å². The van der Waals surface area contributed by atoms with Gasteiger partial charge in [0, 0.05) is 102 Å². The van der Waals surface area contributed by atoms with Gasteiger partial charge in [-0.1, -0.05) is 123 Å². The maximum atomic E-state index is 9.10. The summed E-state index contributed by atoms with van der Waals surface area (Å²) in [6.45, 7) is 30.6. The Morgan fingerprint density at radius 3 is 1.38 bits per heavy atom. The highest BCUT2D eigenvalue weighted by Crippen LogP contribution is 2.45. The first kappa shape index (κ1) is 70.7. The standard InChI is InChI=1S/C33H37ClN4O.C20H28ClN.C15H14N2O.C8H8N2.C8H10O/c1-23-4-9-28(19-31(23)39-29-18-25-11-13-35-32(25)36-21-29)38-16-14-37(15-17-38)22-26-10-12-33(2,3)20-30(26)24-5-7-27(34)8-6-24;1-20(2)11-10-17(15-22-12-4-3-5-13-22)19(14-20)16-6-8-18(21)9-7-16;1-10-3-4-11(2)14(7-10)18-13-8-12-5-6-16-15(12)17-9-13;1-6-4-7-2-3-9-8(7)10-5-6;1-6-3-4-7(2)8(9)5-6/h4-9,11,13,18-19,21H,10,12,14-17,20,22H2,1-3H3,(H,35,36);6-9H,3-5,10-15H2,1-2H3;3-9H,1-2H3,(H,16,17);2-5H,1H3,(H,9,10);3-5,9H,1-2H3. The van der Waals surface area contributed by atoms with Crippen molar-refractivity contribution in [3.63, 3.8) is 0 Å². The number of aromatic amines is 3. The number of fused-ring (bicyclic) bond motifs is 3. The molecule has 2 aliphatic heterocycles. The van der Waals surface area contributed by atoms with Gasteiger partial charge in [-0.05, 0) is 251 Å². The molecule has 0 atom stereocenters. The number of phenolic OH excluding ortho intramolecular Hbond substituents is 1. The molecule has 12 nitrogen and oxygen atoms in total. The molecule has 0 spiro atoms. The first-order valence-electron chi connectivity index (χ1n) is 34.8. The summed E-state index contributed by atoms with van der Waals surface area (Å²) in [6.07, 6.45) is 22.5. The first-order chi connectivity index (χ1) is 47.1. The van der Waals surface area contributed by atoms with E-state index in [9.17, 15) is 0 Å². The first-order valence-corrected chi connectivity index (χ1v) is 35.6. The van der Waals surface area contributed by atoms with E-state index in [0.29, 0.717) is 16.6 Å². The molecule has 2 saturated heterocycles. The van der Waals surface area contributed by atoms with Gasteiger partial charge in [-0.25, -0.2) is 15.0 Å². The van der Waals surface area contributed by atoms with Gasteiger partial charge in [-0.15, -0.1) is 0 Å². The van der Waals surface area contributed by atoms with Crippen molar-refractivity contribution in [2.75, 3.05) is 57.3 Å². The molecule has 0 radical (unpaired) electrons. The van der Waals surface area contributed by atoms with Crippen LogP contribution < -0.4 is 14.4 Å². The summed E-state index contributed by atoms with van der Waals surface area (Å²) in [5.41, 5.74) is 20.4. The van der Waals surface area contributed by atoms with Crippen molar-refractivity contribution in [1.82, 2.24) is 39.7 Å². The molecular weight excluding hydrogens is 1250 g/mol. The molecular formula is C84H97Cl2N9O3. The number of aromatic hydroxyl groups is 1. The summed E-state index contributed by atoms with van der Waals surface area (Å²) in [6, 6.07) is 47.4. The summed E-state index contributed by atoms with van der Waals surface area (Å²) in [7, 11) is 0. The summed E-state index contributed by atoms with van der Waals surface area (Å²) in [5, 5.41) is 14.0. The highest BCUT2D eigenvalue weighted by atomic mass is 35.5. The van der Waals surface area contributed by atoms with Crippen LogP contribution in [0.1, 0.15) is 130 Å². The van der Waals surface area contributed by atoms with Gasteiger partial charge in [-0.2, -0.15) is 0 Å². The number of likely N-dealkylation sites (tertiary alicyclic amines) is 1. The number of phenols is 1. The molecule has 0 saturated carbocycles. The molecule has 4 N–H and O–H groups in total. The smallest absolute Gasteiger partial charge is 0.146 e. The lowest BCUT2D eigenvalue weighted by Crippen LogP contribution is -2.47. The second-order valence-electron chi connectivity index (χ2n) is 28.8. The minimum atomic E-state index is 0.339. The van der Waals surface area contributed by atoms with Crippen LogP contribution in [0.4, 0.5) is 5.69 Å². The minimum Gasteiger partial charge on any atom is -0.508 e. The van der Waals surface area contributed by atoms with E-state index in [1.807, 2.05) is 125 Å². The van der Waals surface area contributed by atoms with Crippen molar-refractivity contribution in [3.8, 4) is 28.7 Å². The molecule has 0 amide bonds. The predicted molar refractivity (Wildman–Crippen MR) is 409 cm³/mol. The van der Waals surface area contributed by atoms with Crippen LogP contribution in [0.3, 0.4) is 0 Å². The lowest BCUT2D eigenvalue weighted by molar-refractivity contribution is 0.238. The van der Waals surface area contributed by atoms with Crippen LogP contribution in [0.5, 0.6) is 28.7 Å². The van der Waals surface area contributed by atoms with Gasteiger partial charge in [0.1, 0.15) is 45.7 Å². The van der Waals surface area contributed by atoms with E-state index >= 15 is 0 Å². The molecule has 510 valence electrons. The van der Waals surface area contributed by atoms with Gasteiger partial charge in [0.05, 0.1) is 12.4 Å². The van der Waals surface area contributed by atoms with Crippen LogP contribution in [-0.4, -0.2) is 97.2 Å². The number of pyridine rings is 3. The quantitative estimate of drug-likeness (QED) is 0.0999. The lowest BCUT2D eigenvalue weighted by atomic mass is 9.72. The third kappa shape index (κ3) is 19.4. The SMILES string of the molecule is CC1(C)CCC(CN2CCCCC2)=C(c2ccc(Cl)cc2)C1.Cc1ccc(C)c(O)c1.Cc1ccc(C)c(Oc2cnc3[nH]ccc3c2)c1.Cc1ccc(N2CCN(CC3=C(c4ccc(Cl)cc4)CC(C)(C)CC3)CC2)cc1Oc1cnc2[nH]ccc2c1.Cc1cnc2[nH]ccc2c1. The number of rotatable bonds is 11. The van der Waals surface area contributed by atoms with E-state index in [1.165, 1.54) is 110 Å². The molecule has 5 aromatic carbocycles. The van der Waals surface area contributed by atoms with Crippen LogP contribution in [-0.2, 0) is 0 Å². The Morgan fingerprint density at radius 1 is 0.449 bits per heavy atom. The van der Waals surface area contributed by atoms with Crippen LogP contribution in [0.25, 0.3) is 44.2 Å². The van der Waals surface area contributed by atoms with Gasteiger partial charge < -0.3 is 34.4 Å². The number of piperidine rings is 1. The number of aryl methyl sites for hydroxylation is 6. The molecule has 0 bridgehead atoms. The molecule has 14 heteroatoms. The van der Waals surface area contributed by atoms with Gasteiger partial charge in [0.25, 0.3) is 0 Å². The number of H-pyrrole nitrogens is 3. The molecule has 2 aliphatic carbocycles. The largest absolute Gasteiger partial charge is 0.508 e. The van der Waals surface area contributed by atoms with Gasteiger partial charge in [-0.3, -0.25) is 9.80 Å². The molecule has 2 fully saturated rings. The number of halogens is 2. The highest BCUT2D eigenvalue weighted by Gasteiger charge is 2.31. The monoisotopic (exact) mass is 1350 g/mol. The van der Waals surface area contributed by atoms with Gasteiger partial charge >= 0.3 is 0 Å².